The number of rotatable bonds is 5. The number of nitrogens with zero attached hydrogens (tertiary/aromatic N) is 5. The average molecular weight is 353 g/mol. The third-order valence-corrected chi connectivity index (χ3v) is 4.71. The van der Waals surface area contributed by atoms with E-state index in [1.54, 1.807) is 24.7 Å². The highest BCUT2D eigenvalue weighted by Gasteiger charge is 2.28. The van der Waals surface area contributed by atoms with Crippen molar-refractivity contribution in [1.82, 2.24) is 24.6 Å². The number of likely N-dealkylation sites (tertiary alicyclic amines) is 1. The van der Waals surface area contributed by atoms with E-state index in [2.05, 4.69) is 20.1 Å². The molecule has 0 radical (unpaired) electrons. The fourth-order valence-electron chi connectivity index (χ4n) is 3.26. The Kier molecular flexibility index (Phi) is 4.26. The predicted octanol–water partition coefficient (Wildman–Crippen LogP) is 2.16. The van der Waals surface area contributed by atoms with Crippen LogP contribution in [0.1, 0.15) is 34.2 Å². The lowest BCUT2D eigenvalue weighted by molar-refractivity contribution is 0.0697. The minimum Gasteiger partial charge on any atom is -0.478 e. The van der Waals surface area contributed by atoms with E-state index >= 15 is 0 Å². The van der Waals surface area contributed by atoms with Gasteiger partial charge in [0, 0.05) is 20.1 Å². The minimum absolute atomic E-state index is 0.211. The van der Waals surface area contributed by atoms with Gasteiger partial charge in [-0.15, -0.1) is 10.2 Å². The third kappa shape index (κ3) is 3.23. The summed E-state index contributed by atoms with van der Waals surface area (Å²) in [5.41, 5.74) is 2.20. The highest BCUT2D eigenvalue weighted by molar-refractivity contribution is 5.87. The molecule has 8 heteroatoms. The van der Waals surface area contributed by atoms with Crippen LogP contribution in [0.2, 0.25) is 0 Å². The molecule has 8 nitrogen and oxygen atoms in total. The maximum atomic E-state index is 10.9. The number of carboxylic acid groups (broad SMARTS) is 1. The molecule has 1 aromatic carbocycles. The molecule has 3 aromatic rings. The number of aromatic nitrogens is 4. The van der Waals surface area contributed by atoms with Crippen LogP contribution in [-0.2, 0) is 13.6 Å². The van der Waals surface area contributed by atoms with Gasteiger partial charge in [0.2, 0.25) is 5.89 Å². The number of carboxylic acids is 1. The van der Waals surface area contributed by atoms with E-state index in [9.17, 15) is 4.79 Å². The van der Waals surface area contributed by atoms with Gasteiger partial charge in [0.15, 0.2) is 0 Å². The SMILES string of the molecule is Cn1cncc1-c1nnc(C2CCN(Cc3ccc(C(=O)O)cc3)C2)o1. The lowest BCUT2D eigenvalue weighted by Crippen LogP contribution is -2.19. The molecule has 0 saturated carbocycles. The van der Waals surface area contributed by atoms with Gasteiger partial charge in [-0.2, -0.15) is 0 Å². The molecule has 1 saturated heterocycles. The first-order chi connectivity index (χ1) is 12.6. The van der Waals surface area contributed by atoms with Gasteiger partial charge in [-0.05, 0) is 30.7 Å². The van der Waals surface area contributed by atoms with Crippen LogP contribution in [-0.4, -0.2) is 48.8 Å². The second kappa shape index (κ2) is 6.72. The lowest BCUT2D eigenvalue weighted by Gasteiger charge is -2.15. The number of hydrogen-bond donors (Lipinski definition) is 1. The molecule has 2 aromatic heterocycles. The molecule has 0 amide bonds. The summed E-state index contributed by atoms with van der Waals surface area (Å²) >= 11 is 0. The van der Waals surface area contributed by atoms with Gasteiger partial charge in [-0.25, -0.2) is 9.78 Å². The number of carbonyl (C=O) groups is 1. The Hall–Kier alpha value is -3.00. The highest BCUT2D eigenvalue weighted by atomic mass is 16.4. The summed E-state index contributed by atoms with van der Waals surface area (Å²) in [6.45, 7) is 2.56. The van der Waals surface area contributed by atoms with Crippen LogP contribution in [0.25, 0.3) is 11.6 Å². The number of hydrogen-bond acceptors (Lipinski definition) is 6. The molecule has 134 valence electrons. The van der Waals surface area contributed by atoms with Crippen molar-refractivity contribution in [3.05, 3.63) is 53.8 Å². The maximum absolute atomic E-state index is 10.9. The van der Waals surface area contributed by atoms with Crippen LogP contribution in [0.5, 0.6) is 0 Å². The van der Waals surface area contributed by atoms with E-state index in [-0.39, 0.29) is 5.92 Å². The molecule has 4 rings (SSSR count). The molecule has 1 unspecified atom stereocenters. The van der Waals surface area contributed by atoms with Gasteiger partial charge in [-0.1, -0.05) is 12.1 Å². The zero-order valence-electron chi connectivity index (χ0n) is 14.4. The summed E-state index contributed by atoms with van der Waals surface area (Å²) in [4.78, 5) is 17.3. The molecule has 1 aliphatic rings. The van der Waals surface area contributed by atoms with Crippen LogP contribution >= 0.6 is 0 Å². The van der Waals surface area contributed by atoms with E-state index < -0.39 is 5.97 Å². The molecular formula is C18H19N5O3. The van der Waals surface area contributed by atoms with Crippen LogP contribution in [0, 0.1) is 0 Å². The Balaban J connectivity index is 1.40. The third-order valence-electron chi connectivity index (χ3n) is 4.71. The Bertz CT molecular complexity index is 915. The van der Waals surface area contributed by atoms with Crippen molar-refractivity contribution in [2.24, 2.45) is 7.05 Å². The van der Waals surface area contributed by atoms with Crippen molar-refractivity contribution >= 4 is 5.97 Å². The van der Waals surface area contributed by atoms with Gasteiger partial charge in [0.05, 0.1) is 24.0 Å². The van der Waals surface area contributed by atoms with Crippen molar-refractivity contribution in [2.45, 2.75) is 18.9 Å². The molecule has 1 aliphatic heterocycles. The Morgan fingerprint density at radius 2 is 2.12 bits per heavy atom. The van der Waals surface area contributed by atoms with Gasteiger partial charge >= 0.3 is 5.97 Å². The topological polar surface area (TPSA) is 97.3 Å². The minimum atomic E-state index is -0.904. The number of aromatic carboxylic acids is 1. The average Bonchev–Trinajstić information content (AvgIpc) is 3.35. The van der Waals surface area contributed by atoms with Crippen LogP contribution in [0.3, 0.4) is 0 Å². The van der Waals surface area contributed by atoms with Crippen molar-refractivity contribution in [3.63, 3.8) is 0 Å². The predicted molar refractivity (Wildman–Crippen MR) is 92.5 cm³/mol. The lowest BCUT2D eigenvalue weighted by atomic mass is 10.1. The number of benzene rings is 1. The van der Waals surface area contributed by atoms with Gasteiger partial charge in [-0.3, -0.25) is 4.90 Å². The van der Waals surface area contributed by atoms with E-state index in [4.69, 9.17) is 9.52 Å². The first-order valence-electron chi connectivity index (χ1n) is 8.45. The van der Waals surface area contributed by atoms with E-state index in [1.807, 2.05) is 23.7 Å². The molecule has 26 heavy (non-hydrogen) atoms. The van der Waals surface area contributed by atoms with Crippen LogP contribution in [0.15, 0.2) is 41.2 Å². The zero-order chi connectivity index (χ0) is 18.1. The van der Waals surface area contributed by atoms with Crippen molar-refractivity contribution < 1.29 is 14.3 Å². The quantitative estimate of drug-likeness (QED) is 0.750. The first kappa shape index (κ1) is 16.5. The standard InChI is InChI=1S/C18H19N5O3/c1-22-11-19-8-15(22)17-21-20-16(26-17)14-6-7-23(10-14)9-12-2-4-13(5-3-12)18(24)25/h2-5,8,11,14H,6-7,9-10H2,1H3,(H,24,25). The molecule has 1 fully saturated rings. The summed E-state index contributed by atoms with van der Waals surface area (Å²) in [7, 11) is 1.89. The molecule has 0 spiro atoms. The van der Waals surface area contributed by atoms with E-state index in [1.165, 1.54) is 0 Å². The summed E-state index contributed by atoms with van der Waals surface area (Å²) in [5.74, 6) is 0.453. The Morgan fingerprint density at radius 1 is 1.31 bits per heavy atom. The Morgan fingerprint density at radius 3 is 2.81 bits per heavy atom. The normalized spacial score (nSPS) is 17.7. The number of aryl methyl sites for hydroxylation is 1. The summed E-state index contributed by atoms with van der Waals surface area (Å²) in [6, 6.07) is 7.01. The smallest absolute Gasteiger partial charge is 0.335 e. The molecule has 0 bridgehead atoms. The monoisotopic (exact) mass is 353 g/mol. The summed E-state index contributed by atoms with van der Waals surface area (Å²) in [5, 5.41) is 17.3. The molecule has 1 atom stereocenters. The summed E-state index contributed by atoms with van der Waals surface area (Å²) in [6.07, 6.45) is 4.37. The van der Waals surface area contributed by atoms with Crippen molar-refractivity contribution in [2.75, 3.05) is 13.1 Å². The van der Waals surface area contributed by atoms with Gasteiger partial charge in [0.1, 0.15) is 5.69 Å². The first-order valence-corrected chi connectivity index (χ1v) is 8.45. The largest absolute Gasteiger partial charge is 0.478 e. The van der Waals surface area contributed by atoms with Crippen molar-refractivity contribution in [1.29, 1.82) is 0 Å². The number of imidazole rings is 1. The van der Waals surface area contributed by atoms with Gasteiger partial charge in [0.25, 0.3) is 5.89 Å². The van der Waals surface area contributed by atoms with Gasteiger partial charge < -0.3 is 14.1 Å². The second-order valence-corrected chi connectivity index (χ2v) is 6.56. The molecule has 1 N–H and O–H groups in total. The maximum Gasteiger partial charge on any atom is 0.335 e. The Labute approximate surface area is 150 Å². The molecular weight excluding hydrogens is 334 g/mol. The van der Waals surface area contributed by atoms with Crippen LogP contribution < -0.4 is 0 Å². The highest BCUT2D eigenvalue weighted by Crippen LogP contribution is 2.29. The van der Waals surface area contributed by atoms with Crippen LogP contribution in [0.4, 0.5) is 0 Å². The molecule has 3 heterocycles. The van der Waals surface area contributed by atoms with Crippen molar-refractivity contribution in [3.8, 4) is 11.6 Å². The second-order valence-electron chi connectivity index (χ2n) is 6.56. The molecule has 0 aliphatic carbocycles. The zero-order valence-corrected chi connectivity index (χ0v) is 14.4. The summed E-state index contributed by atoms with van der Waals surface area (Å²) < 4.78 is 7.70. The fraction of sp³-hybridized carbons (Fsp3) is 0.333. The van der Waals surface area contributed by atoms with E-state index in [0.29, 0.717) is 17.3 Å². The fourth-order valence-corrected chi connectivity index (χ4v) is 3.26. The van der Waals surface area contributed by atoms with E-state index in [0.717, 1.165) is 37.3 Å².